The molecule has 0 saturated heterocycles. The number of furan rings is 1. The Morgan fingerprint density at radius 1 is 1.18 bits per heavy atom. The van der Waals surface area contributed by atoms with Gasteiger partial charge in [-0.3, -0.25) is 0 Å². The van der Waals surface area contributed by atoms with Gasteiger partial charge in [0, 0.05) is 5.39 Å². The van der Waals surface area contributed by atoms with Crippen LogP contribution in [0.3, 0.4) is 0 Å². The van der Waals surface area contributed by atoms with E-state index in [0.29, 0.717) is 16.9 Å². The number of fused-ring (bicyclic) bond motifs is 2. The van der Waals surface area contributed by atoms with Crippen LogP contribution in [0.15, 0.2) is 52.9 Å². The number of rotatable bonds is 1. The van der Waals surface area contributed by atoms with E-state index < -0.39 is 11.8 Å². The molecular formula is C16H10FN3O2. The number of carbonyl (C=O) groups is 1. The number of para-hydroxylation sites is 1. The molecule has 2 aromatic carbocycles. The van der Waals surface area contributed by atoms with Gasteiger partial charge < -0.3 is 10.2 Å². The number of hydrogen-bond donors (Lipinski definition) is 1. The molecule has 0 spiro atoms. The van der Waals surface area contributed by atoms with Crippen molar-refractivity contribution < 1.29 is 13.6 Å². The van der Waals surface area contributed by atoms with Crippen molar-refractivity contribution in [2.24, 2.45) is 5.73 Å². The molecule has 0 radical (unpaired) electrons. The maximum atomic E-state index is 14.2. The molecule has 0 aliphatic carbocycles. The van der Waals surface area contributed by atoms with Gasteiger partial charge in [0.25, 0.3) is 0 Å². The highest BCUT2D eigenvalue weighted by Gasteiger charge is 2.20. The molecule has 22 heavy (non-hydrogen) atoms. The largest absolute Gasteiger partial charge is 0.454 e. The predicted octanol–water partition coefficient (Wildman–Crippen LogP) is 3.52. The van der Waals surface area contributed by atoms with E-state index in [9.17, 15) is 9.18 Å². The summed E-state index contributed by atoms with van der Waals surface area (Å²) >= 11 is 0. The standard InChI is InChI=1S/C16H10FN3O2/c17-10-5-3-6-11-14(10)15(19-20(11)16(18)21)13-8-9-4-1-2-7-12(9)22-13/h1-8H,(H2,18,21). The Hall–Kier alpha value is -3.15. The van der Waals surface area contributed by atoms with E-state index in [-0.39, 0.29) is 11.1 Å². The first kappa shape index (κ1) is 12.6. The maximum Gasteiger partial charge on any atom is 0.340 e. The number of nitrogens with zero attached hydrogens (tertiary/aromatic N) is 2. The number of nitrogens with two attached hydrogens (primary N) is 1. The van der Waals surface area contributed by atoms with Crippen molar-refractivity contribution in [3.63, 3.8) is 0 Å². The van der Waals surface area contributed by atoms with Crippen molar-refractivity contribution in [1.29, 1.82) is 0 Å². The third-order valence-electron chi connectivity index (χ3n) is 3.52. The number of benzene rings is 2. The summed E-state index contributed by atoms with van der Waals surface area (Å²) in [6, 6.07) is 12.8. The van der Waals surface area contributed by atoms with E-state index in [1.807, 2.05) is 24.3 Å². The van der Waals surface area contributed by atoms with E-state index in [4.69, 9.17) is 10.2 Å². The Morgan fingerprint density at radius 2 is 2.00 bits per heavy atom. The number of carbonyl (C=O) groups excluding carboxylic acids is 1. The molecule has 6 heteroatoms. The van der Waals surface area contributed by atoms with Gasteiger partial charge >= 0.3 is 6.03 Å². The van der Waals surface area contributed by atoms with E-state index in [2.05, 4.69) is 5.10 Å². The average molecular weight is 295 g/mol. The fourth-order valence-corrected chi connectivity index (χ4v) is 2.57. The maximum absolute atomic E-state index is 14.2. The molecule has 2 aromatic heterocycles. The van der Waals surface area contributed by atoms with Crippen molar-refractivity contribution in [1.82, 2.24) is 9.78 Å². The van der Waals surface area contributed by atoms with E-state index >= 15 is 0 Å². The van der Waals surface area contributed by atoms with Gasteiger partial charge in [0.2, 0.25) is 0 Å². The second-order valence-corrected chi connectivity index (χ2v) is 4.88. The molecule has 108 valence electrons. The number of halogens is 1. The summed E-state index contributed by atoms with van der Waals surface area (Å²) < 4.78 is 20.9. The van der Waals surface area contributed by atoms with Gasteiger partial charge in [-0.1, -0.05) is 24.3 Å². The van der Waals surface area contributed by atoms with Crippen LogP contribution in [-0.4, -0.2) is 15.8 Å². The number of hydrogen-bond acceptors (Lipinski definition) is 3. The minimum atomic E-state index is -0.780. The summed E-state index contributed by atoms with van der Waals surface area (Å²) in [6.07, 6.45) is 0. The molecule has 4 rings (SSSR count). The van der Waals surface area contributed by atoms with Crippen LogP contribution >= 0.6 is 0 Å². The minimum Gasteiger partial charge on any atom is -0.454 e. The first-order valence-electron chi connectivity index (χ1n) is 6.61. The number of amides is 1. The van der Waals surface area contributed by atoms with Crippen LogP contribution in [0.4, 0.5) is 9.18 Å². The molecule has 1 amide bonds. The van der Waals surface area contributed by atoms with Gasteiger partial charge in [0.15, 0.2) is 5.76 Å². The van der Waals surface area contributed by atoms with E-state index in [1.165, 1.54) is 12.1 Å². The topological polar surface area (TPSA) is 74.1 Å². The Kier molecular flexibility index (Phi) is 2.53. The zero-order valence-electron chi connectivity index (χ0n) is 11.3. The summed E-state index contributed by atoms with van der Waals surface area (Å²) in [6.45, 7) is 0. The summed E-state index contributed by atoms with van der Waals surface area (Å²) in [7, 11) is 0. The van der Waals surface area contributed by atoms with Gasteiger partial charge in [-0.05, 0) is 24.3 Å². The lowest BCUT2D eigenvalue weighted by Gasteiger charge is -1.95. The highest BCUT2D eigenvalue weighted by atomic mass is 19.1. The Balaban J connectivity index is 2.07. The Bertz CT molecular complexity index is 999. The van der Waals surface area contributed by atoms with Crippen LogP contribution in [-0.2, 0) is 0 Å². The molecule has 0 aliphatic heterocycles. The molecular weight excluding hydrogens is 285 g/mol. The fraction of sp³-hybridized carbons (Fsp3) is 0. The smallest absolute Gasteiger partial charge is 0.340 e. The lowest BCUT2D eigenvalue weighted by atomic mass is 10.1. The first-order chi connectivity index (χ1) is 10.6. The third kappa shape index (κ3) is 1.70. The molecule has 0 saturated carbocycles. The lowest BCUT2D eigenvalue weighted by molar-refractivity contribution is 0.248. The van der Waals surface area contributed by atoms with Crippen LogP contribution < -0.4 is 5.73 Å². The van der Waals surface area contributed by atoms with Crippen molar-refractivity contribution >= 4 is 27.9 Å². The van der Waals surface area contributed by atoms with Gasteiger partial charge in [0.1, 0.15) is 17.1 Å². The molecule has 0 bridgehead atoms. The molecule has 0 aliphatic rings. The molecule has 2 N–H and O–H groups in total. The molecule has 0 fully saturated rings. The normalized spacial score (nSPS) is 11.3. The van der Waals surface area contributed by atoms with Crippen LogP contribution in [0.1, 0.15) is 0 Å². The van der Waals surface area contributed by atoms with E-state index in [0.717, 1.165) is 10.1 Å². The van der Waals surface area contributed by atoms with Gasteiger partial charge in [0.05, 0.1) is 10.9 Å². The fourth-order valence-electron chi connectivity index (χ4n) is 2.57. The van der Waals surface area contributed by atoms with Crippen LogP contribution in [0.25, 0.3) is 33.3 Å². The predicted molar refractivity (Wildman–Crippen MR) is 79.9 cm³/mol. The summed E-state index contributed by atoms with van der Waals surface area (Å²) in [5.41, 5.74) is 6.53. The lowest BCUT2D eigenvalue weighted by Crippen LogP contribution is -2.20. The highest BCUT2D eigenvalue weighted by Crippen LogP contribution is 2.33. The van der Waals surface area contributed by atoms with Crippen molar-refractivity contribution in [3.05, 3.63) is 54.3 Å². The highest BCUT2D eigenvalue weighted by molar-refractivity contribution is 5.99. The summed E-state index contributed by atoms with van der Waals surface area (Å²) in [4.78, 5) is 11.5. The summed E-state index contributed by atoms with van der Waals surface area (Å²) in [5.74, 6) is -0.100. The van der Waals surface area contributed by atoms with Gasteiger partial charge in [-0.15, -0.1) is 0 Å². The van der Waals surface area contributed by atoms with Crippen molar-refractivity contribution in [2.45, 2.75) is 0 Å². The van der Waals surface area contributed by atoms with Crippen LogP contribution in [0.2, 0.25) is 0 Å². The van der Waals surface area contributed by atoms with Crippen LogP contribution in [0.5, 0.6) is 0 Å². The molecule has 2 heterocycles. The minimum absolute atomic E-state index is 0.209. The summed E-state index contributed by atoms with van der Waals surface area (Å²) in [5, 5.41) is 5.20. The van der Waals surface area contributed by atoms with E-state index in [1.54, 1.807) is 12.1 Å². The molecule has 5 nitrogen and oxygen atoms in total. The molecule has 4 aromatic rings. The average Bonchev–Trinajstić information content (AvgIpc) is 3.08. The zero-order valence-corrected chi connectivity index (χ0v) is 11.3. The molecule has 0 atom stereocenters. The Morgan fingerprint density at radius 3 is 2.77 bits per heavy atom. The first-order valence-corrected chi connectivity index (χ1v) is 6.61. The van der Waals surface area contributed by atoms with Crippen molar-refractivity contribution in [3.8, 4) is 11.5 Å². The number of aromatic nitrogens is 2. The van der Waals surface area contributed by atoms with Gasteiger partial charge in [-0.2, -0.15) is 9.78 Å². The molecule has 0 unspecified atom stereocenters. The monoisotopic (exact) mass is 295 g/mol. The van der Waals surface area contributed by atoms with Crippen LogP contribution in [0, 0.1) is 5.82 Å². The second-order valence-electron chi connectivity index (χ2n) is 4.88. The Labute approximate surface area is 123 Å². The SMILES string of the molecule is NC(=O)n1nc(-c2cc3ccccc3o2)c2c(F)cccc21. The van der Waals surface area contributed by atoms with Crippen molar-refractivity contribution in [2.75, 3.05) is 0 Å². The van der Waals surface area contributed by atoms with Gasteiger partial charge in [-0.25, -0.2) is 9.18 Å². The zero-order chi connectivity index (χ0) is 15.3. The third-order valence-corrected chi connectivity index (χ3v) is 3.52. The quantitative estimate of drug-likeness (QED) is 0.584. The second kappa shape index (κ2) is 4.42. The number of primary amides is 1.